The summed E-state index contributed by atoms with van der Waals surface area (Å²) >= 11 is 0. The van der Waals surface area contributed by atoms with Crippen molar-refractivity contribution in [2.24, 2.45) is 11.8 Å². The Kier molecular flexibility index (Phi) is 3.53. The molecule has 0 spiro atoms. The summed E-state index contributed by atoms with van der Waals surface area (Å²) in [6, 6.07) is 8.02. The molecule has 2 aliphatic carbocycles. The summed E-state index contributed by atoms with van der Waals surface area (Å²) in [7, 11) is 0. The number of rotatable bonds is 4. The minimum Gasteiger partial charge on any atom is -0.493 e. The number of benzene rings is 1. The molecule has 3 rings (SSSR count). The van der Waals surface area contributed by atoms with Crippen LogP contribution in [0.4, 0.5) is 0 Å². The lowest BCUT2D eigenvalue weighted by Gasteiger charge is -2.38. The number of hydrogen-bond acceptors (Lipinski definition) is 2. The van der Waals surface area contributed by atoms with Gasteiger partial charge in [0.05, 0.1) is 12.2 Å². The van der Waals surface area contributed by atoms with Gasteiger partial charge in [-0.05, 0) is 63.4 Å². The fourth-order valence-electron chi connectivity index (χ4n) is 3.64. The number of para-hydroxylation sites is 1. The quantitative estimate of drug-likeness (QED) is 0.890. The average molecular weight is 260 g/mol. The first-order chi connectivity index (χ1) is 9.23. The first-order valence-electron chi connectivity index (χ1n) is 7.67. The minimum absolute atomic E-state index is 0.652. The van der Waals surface area contributed by atoms with Crippen LogP contribution in [0.25, 0.3) is 0 Å². The second-order valence-electron chi connectivity index (χ2n) is 6.15. The maximum Gasteiger partial charge on any atom is 0.125 e. The van der Waals surface area contributed by atoms with Crippen LogP contribution in [0.5, 0.6) is 5.75 Å². The molecular formula is C17H24O2. The highest BCUT2D eigenvalue weighted by Gasteiger charge is 2.42. The summed E-state index contributed by atoms with van der Waals surface area (Å²) in [5.41, 5.74) is 0.333. The highest BCUT2D eigenvalue weighted by molar-refractivity contribution is 5.38. The molecule has 1 N–H and O–H groups in total. The lowest BCUT2D eigenvalue weighted by molar-refractivity contribution is -0.0270. The van der Waals surface area contributed by atoms with E-state index in [2.05, 4.69) is 0 Å². The van der Waals surface area contributed by atoms with Gasteiger partial charge in [-0.15, -0.1) is 0 Å². The van der Waals surface area contributed by atoms with Crippen molar-refractivity contribution in [3.05, 3.63) is 29.8 Å². The van der Waals surface area contributed by atoms with Crippen LogP contribution in [0.15, 0.2) is 24.3 Å². The summed E-state index contributed by atoms with van der Waals surface area (Å²) in [6.07, 6.45) is 6.96. The van der Waals surface area contributed by atoms with Gasteiger partial charge in [0.25, 0.3) is 0 Å². The first kappa shape index (κ1) is 13.0. The molecule has 2 heteroatoms. The van der Waals surface area contributed by atoms with E-state index in [0.29, 0.717) is 12.5 Å². The fraction of sp³-hybridized carbons (Fsp3) is 0.647. The minimum atomic E-state index is -0.669. The molecule has 104 valence electrons. The van der Waals surface area contributed by atoms with Crippen molar-refractivity contribution in [3.8, 4) is 5.75 Å². The zero-order chi connectivity index (χ0) is 13.3. The van der Waals surface area contributed by atoms with E-state index in [4.69, 9.17) is 4.74 Å². The third-order valence-electron chi connectivity index (χ3n) is 4.74. The Morgan fingerprint density at radius 1 is 1.21 bits per heavy atom. The van der Waals surface area contributed by atoms with Crippen LogP contribution in [-0.4, -0.2) is 11.7 Å². The van der Waals surface area contributed by atoms with Crippen LogP contribution in [0.2, 0.25) is 0 Å². The molecule has 19 heavy (non-hydrogen) atoms. The van der Waals surface area contributed by atoms with Crippen LogP contribution >= 0.6 is 0 Å². The van der Waals surface area contributed by atoms with Crippen LogP contribution in [0, 0.1) is 11.8 Å². The van der Waals surface area contributed by atoms with Gasteiger partial charge >= 0.3 is 0 Å². The van der Waals surface area contributed by atoms with E-state index >= 15 is 0 Å². The van der Waals surface area contributed by atoms with Gasteiger partial charge in [0, 0.05) is 5.56 Å². The Balaban J connectivity index is 1.86. The Morgan fingerprint density at radius 2 is 2.00 bits per heavy atom. The molecule has 0 amide bonds. The Morgan fingerprint density at radius 3 is 2.74 bits per heavy atom. The van der Waals surface area contributed by atoms with Crippen molar-refractivity contribution in [1.82, 2.24) is 0 Å². The number of hydrogen-bond donors (Lipinski definition) is 1. The van der Waals surface area contributed by atoms with Crippen molar-refractivity contribution >= 4 is 0 Å². The van der Waals surface area contributed by atoms with E-state index in [0.717, 1.165) is 36.5 Å². The number of ether oxygens (including phenoxy) is 1. The average Bonchev–Trinajstić information content (AvgIpc) is 3.24. The maximum absolute atomic E-state index is 11.1. The second kappa shape index (κ2) is 5.16. The summed E-state index contributed by atoms with van der Waals surface area (Å²) in [6.45, 7) is 2.65. The van der Waals surface area contributed by atoms with Crippen molar-refractivity contribution in [2.45, 2.75) is 51.0 Å². The lowest BCUT2D eigenvalue weighted by Crippen LogP contribution is -2.33. The predicted molar refractivity (Wildman–Crippen MR) is 76.2 cm³/mol. The van der Waals surface area contributed by atoms with Gasteiger partial charge < -0.3 is 9.84 Å². The molecule has 2 saturated carbocycles. The van der Waals surface area contributed by atoms with Crippen molar-refractivity contribution in [1.29, 1.82) is 0 Å². The van der Waals surface area contributed by atoms with Gasteiger partial charge in [-0.3, -0.25) is 0 Å². The highest BCUT2D eigenvalue weighted by atomic mass is 16.5. The van der Waals surface area contributed by atoms with Crippen LogP contribution < -0.4 is 4.74 Å². The summed E-state index contributed by atoms with van der Waals surface area (Å²) in [4.78, 5) is 0. The molecule has 2 unspecified atom stereocenters. The Labute approximate surface area is 115 Å². The van der Waals surface area contributed by atoms with E-state index < -0.39 is 5.60 Å². The molecule has 0 radical (unpaired) electrons. The predicted octanol–water partition coefficient (Wildman–Crippen LogP) is 3.87. The highest BCUT2D eigenvalue weighted by Crippen LogP contribution is 2.50. The van der Waals surface area contributed by atoms with Gasteiger partial charge in [-0.2, -0.15) is 0 Å². The molecule has 1 aromatic carbocycles. The van der Waals surface area contributed by atoms with E-state index in [1.165, 1.54) is 19.3 Å². The molecular weight excluding hydrogens is 236 g/mol. The van der Waals surface area contributed by atoms with Crippen molar-refractivity contribution in [3.63, 3.8) is 0 Å². The van der Waals surface area contributed by atoms with Crippen LogP contribution in [-0.2, 0) is 5.60 Å². The third-order valence-corrected chi connectivity index (χ3v) is 4.74. The third kappa shape index (κ3) is 2.64. The van der Waals surface area contributed by atoms with Crippen LogP contribution in [0.3, 0.4) is 0 Å². The Hall–Kier alpha value is -1.02. The first-order valence-corrected chi connectivity index (χ1v) is 7.67. The van der Waals surface area contributed by atoms with Gasteiger partial charge in [-0.25, -0.2) is 0 Å². The second-order valence-corrected chi connectivity index (χ2v) is 6.15. The van der Waals surface area contributed by atoms with Gasteiger partial charge in [-0.1, -0.05) is 18.2 Å². The molecule has 0 aliphatic heterocycles. The SMILES string of the molecule is CCOc1ccccc1C1(O)CCCC(C2CC2)C1. The molecule has 2 nitrogen and oxygen atoms in total. The Bertz CT molecular complexity index is 439. The van der Waals surface area contributed by atoms with E-state index in [1.807, 2.05) is 31.2 Å². The molecule has 0 heterocycles. The van der Waals surface area contributed by atoms with E-state index in [1.54, 1.807) is 0 Å². The van der Waals surface area contributed by atoms with Crippen molar-refractivity contribution < 1.29 is 9.84 Å². The molecule has 1 aromatic rings. The molecule has 2 fully saturated rings. The van der Waals surface area contributed by atoms with Crippen molar-refractivity contribution in [2.75, 3.05) is 6.61 Å². The monoisotopic (exact) mass is 260 g/mol. The zero-order valence-corrected chi connectivity index (χ0v) is 11.8. The van der Waals surface area contributed by atoms with E-state index in [-0.39, 0.29) is 0 Å². The summed E-state index contributed by atoms with van der Waals surface area (Å²) in [5.74, 6) is 2.46. The number of aliphatic hydroxyl groups is 1. The molecule has 0 saturated heterocycles. The summed E-state index contributed by atoms with van der Waals surface area (Å²) < 4.78 is 5.71. The largest absolute Gasteiger partial charge is 0.493 e. The fourth-order valence-corrected chi connectivity index (χ4v) is 3.64. The molecule has 2 aliphatic rings. The topological polar surface area (TPSA) is 29.5 Å². The molecule has 2 atom stereocenters. The summed E-state index contributed by atoms with van der Waals surface area (Å²) in [5, 5.41) is 11.1. The smallest absolute Gasteiger partial charge is 0.125 e. The maximum atomic E-state index is 11.1. The van der Waals surface area contributed by atoms with E-state index in [9.17, 15) is 5.11 Å². The van der Waals surface area contributed by atoms with Gasteiger partial charge in [0.2, 0.25) is 0 Å². The lowest BCUT2D eigenvalue weighted by atomic mass is 9.72. The molecule has 0 aromatic heterocycles. The molecule has 0 bridgehead atoms. The van der Waals surface area contributed by atoms with Gasteiger partial charge in [0.15, 0.2) is 0 Å². The normalized spacial score (nSPS) is 31.2. The van der Waals surface area contributed by atoms with Gasteiger partial charge in [0.1, 0.15) is 5.75 Å². The van der Waals surface area contributed by atoms with Crippen LogP contribution in [0.1, 0.15) is 51.0 Å². The standard InChI is InChI=1S/C17H24O2/c1-2-19-16-8-4-3-7-15(16)17(18)11-5-6-14(12-17)13-9-10-13/h3-4,7-8,13-14,18H,2,5-6,9-12H2,1H3. The zero-order valence-electron chi connectivity index (χ0n) is 11.8.